The number of thiophene rings is 1. The predicted molar refractivity (Wildman–Crippen MR) is 99.6 cm³/mol. The zero-order valence-corrected chi connectivity index (χ0v) is 15.7. The predicted octanol–water partition coefficient (Wildman–Crippen LogP) is 2.86. The number of carbonyl (C=O) groups excluding carboxylic acids is 2. The van der Waals surface area contributed by atoms with E-state index >= 15 is 0 Å². The Kier molecular flexibility index (Phi) is 5.50. The van der Waals surface area contributed by atoms with Crippen molar-refractivity contribution in [1.29, 1.82) is 0 Å². The van der Waals surface area contributed by atoms with E-state index in [2.05, 4.69) is 10.3 Å². The van der Waals surface area contributed by atoms with Crippen LogP contribution in [0.4, 0.5) is 14.5 Å². The van der Waals surface area contributed by atoms with Crippen molar-refractivity contribution in [2.24, 2.45) is 0 Å². The summed E-state index contributed by atoms with van der Waals surface area (Å²) in [5.74, 6) is -3.29. The molecule has 0 bridgehead atoms. The number of hydrogen-bond acceptors (Lipinski definition) is 6. The number of amides is 1. The van der Waals surface area contributed by atoms with Gasteiger partial charge in [-0.25, -0.2) is 18.6 Å². The molecule has 0 saturated heterocycles. The number of aryl methyl sites for hydroxylation is 1. The van der Waals surface area contributed by atoms with Gasteiger partial charge in [-0.2, -0.15) is 0 Å². The Labute approximate surface area is 161 Å². The van der Waals surface area contributed by atoms with Gasteiger partial charge >= 0.3 is 5.97 Å². The maximum atomic E-state index is 13.2. The van der Waals surface area contributed by atoms with Gasteiger partial charge in [0.1, 0.15) is 16.3 Å². The lowest BCUT2D eigenvalue weighted by Crippen LogP contribution is -2.28. The van der Waals surface area contributed by atoms with E-state index in [1.54, 1.807) is 13.8 Å². The van der Waals surface area contributed by atoms with E-state index in [4.69, 9.17) is 4.74 Å². The third-order valence-corrected chi connectivity index (χ3v) is 5.08. The largest absolute Gasteiger partial charge is 0.462 e. The molecule has 3 rings (SSSR count). The zero-order valence-electron chi connectivity index (χ0n) is 14.9. The Bertz CT molecular complexity index is 1140. The standard InChI is InChI=1S/C18H15F2N3O4S/c1-3-27-18(26)15-9(2)14-16(28-15)21-8-23(17(14)25)7-13(24)22-10-4-5-11(19)12(20)6-10/h4-6,8H,3,7H2,1-2H3,(H,22,24). The molecule has 1 amide bonds. The minimum absolute atomic E-state index is 0.0577. The van der Waals surface area contributed by atoms with Gasteiger partial charge in [0.15, 0.2) is 11.6 Å². The van der Waals surface area contributed by atoms with Crippen LogP contribution in [0.2, 0.25) is 0 Å². The van der Waals surface area contributed by atoms with E-state index in [9.17, 15) is 23.2 Å². The molecular formula is C18H15F2N3O4S. The number of hydrogen-bond donors (Lipinski definition) is 1. The number of benzene rings is 1. The molecule has 0 radical (unpaired) electrons. The molecule has 0 fully saturated rings. The second-order valence-corrected chi connectivity index (χ2v) is 6.81. The van der Waals surface area contributed by atoms with Crippen LogP contribution >= 0.6 is 11.3 Å². The molecule has 2 heterocycles. The molecule has 10 heteroatoms. The van der Waals surface area contributed by atoms with Crippen LogP contribution in [0.1, 0.15) is 22.2 Å². The molecule has 1 aromatic carbocycles. The van der Waals surface area contributed by atoms with Gasteiger partial charge in [0.25, 0.3) is 5.56 Å². The van der Waals surface area contributed by atoms with Crippen LogP contribution in [0.5, 0.6) is 0 Å². The average Bonchev–Trinajstić information content (AvgIpc) is 2.98. The molecule has 0 aliphatic rings. The number of anilines is 1. The number of esters is 1. The summed E-state index contributed by atoms with van der Waals surface area (Å²) in [4.78, 5) is 41.7. The van der Waals surface area contributed by atoms with Crippen LogP contribution in [0.3, 0.4) is 0 Å². The molecule has 1 N–H and O–H groups in total. The lowest BCUT2D eigenvalue weighted by Gasteiger charge is -2.07. The van der Waals surface area contributed by atoms with E-state index in [-0.39, 0.29) is 29.1 Å². The highest BCUT2D eigenvalue weighted by molar-refractivity contribution is 7.20. The van der Waals surface area contributed by atoms with Gasteiger partial charge in [-0.05, 0) is 31.5 Å². The summed E-state index contributed by atoms with van der Waals surface area (Å²) in [6.45, 7) is 3.11. The van der Waals surface area contributed by atoms with E-state index in [1.807, 2.05) is 0 Å². The Morgan fingerprint density at radius 3 is 2.71 bits per heavy atom. The van der Waals surface area contributed by atoms with Gasteiger partial charge in [-0.15, -0.1) is 11.3 Å². The smallest absolute Gasteiger partial charge is 0.348 e. The van der Waals surface area contributed by atoms with Gasteiger partial charge in [0, 0.05) is 11.8 Å². The van der Waals surface area contributed by atoms with E-state index in [0.717, 1.165) is 28.0 Å². The average molecular weight is 407 g/mol. The van der Waals surface area contributed by atoms with Crippen molar-refractivity contribution in [2.45, 2.75) is 20.4 Å². The van der Waals surface area contributed by atoms with Crippen molar-refractivity contribution < 1.29 is 23.1 Å². The molecule has 0 atom stereocenters. The van der Waals surface area contributed by atoms with Gasteiger partial charge in [0.2, 0.25) is 5.91 Å². The first-order valence-electron chi connectivity index (χ1n) is 8.22. The lowest BCUT2D eigenvalue weighted by molar-refractivity contribution is -0.116. The third kappa shape index (κ3) is 3.77. The molecule has 2 aromatic heterocycles. The molecule has 0 saturated carbocycles. The highest BCUT2D eigenvalue weighted by atomic mass is 32.1. The number of halogens is 2. The van der Waals surface area contributed by atoms with Gasteiger partial charge in [-0.3, -0.25) is 14.2 Å². The second-order valence-electron chi connectivity index (χ2n) is 5.81. The Balaban J connectivity index is 1.87. The Hall–Kier alpha value is -3.14. The summed E-state index contributed by atoms with van der Waals surface area (Å²) < 4.78 is 32.2. The van der Waals surface area contributed by atoms with Gasteiger partial charge in [-0.1, -0.05) is 0 Å². The van der Waals surface area contributed by atoms with Crippen molar-refractivity contribution in [3.8, 4) is 0 Å². The topological polar surface area (TPSA) is 90.3 Å². The minimum atomic E-state index is -1.10. The number of ether oxygens (including phenoxy) is 1. The molecule has 7 nitrogen and oxygen atoms in total. The summed E-state index contributed by atoms with van der Waals surface area (Å²) >= 11 is 1.04. The molecule has 28 heavy (non-hydrogen) atoms. The van der Waals surface area contributed by atoms with Crippen LogP contribution in [0, 0.1) is 18.6 Å². The molecule has 0 spiro atoms. The first kappa shape index (κ1) is 19.6. The second kappa shape index (κ2) is 7.85. The van der Waals surface area contributed by atoms with Crippen molar-refractivity contribution in [1.82, 2.24) is 9.55 Å². The molecule has 0 unspecified atom stereocenters. The van der Waals surface area contributed by atoms with Gasteiger partial charge in [0.05, 0.1) is 18.3 Å². The highest BCUT2D eigenvalue weighted by Crippen LogP contribution is 2.27. The fraction of sp³-hybridized carbons (Fsp3) is 0.222. The van der Waals surface area contributed by atoms with Gasteiger partial charge < -0.3 is 10.1 Å². The maximum Gasteiger partial charge on any atom is 0.348 e. The van der Waals surface area contributed by atoms with Crippen molar-refractivity contribution >= 4 is 39.1 Å². The summed E-state index contributed by atoms with van der Waals surface area (Å²) in [7, 11) is 0. The zero-order chi connectivity index (χ0) is 20.4. The Morgan fingerprint density at radius 2 is 2.04 bits per heavy atom. The lowest BCUT2D eigenvalue weighted by atomic mass is 10.2. The molecule has 146 valence electrons. The monoisotopic (exact) mass is 407 g/mol. The number of rotatable bonds is 5. The quantitative estimate of drug-likeness (QED) is 0.657. The fourth-order valence-corrected chi connectivity index (χ4v) is 3.63. The van der Waals surface area contributed by atoms with Crippen molar-refractivity contribution in [3.05, 3.63) is 57.0 Å². The van der Waals surface area contributed by atoms with E-state index in [1.165, 1.54) is 12.4 Å². The minimum Gasteiger partial charge on any atom is -0.462 e. The first-order chi connectivity index (χ1) is 13.3. The van der Waals surface area contributed by atoms with Crippen LogP contribution in [-0.2, 0) is 16.1 Å². The summed E-state index contributed by atoms with van der Waals surface area (Å²) in [6, 6.07) is 2.93. The maximum absolute atomic E-state index is 13.2. The SMILES string of the molecule is CCOC(=O)c1sc2ncn(CC(=O)Nc3ccc(F)c(F)c3)c(=O)c2c1C. The number of nitrogens with zero attached hydrogens (tertiary/aromatic N) is 2. The highest BCUT2D eigenvalue weighted by Gasteiger charge is 2.20. The number of carbonyl (C=O) groups is 2. The summed E-state index contributed by atoms with van der Waals surface area (Å²) in [6.07, 6.45) is 1.19. The third-order valence-electron chi connectivity index (χ3n) is 3.90. The van der Waals surface area contributed by atoms with Crippen LogP contribution < -0.4 is 10.9 Å². The first-order valence-corrected chi connectivity index (χ1v) is 9.04. The molecule has 3 aromatic rings. The van der Waals surface area contributed by atoms with E-state index in [0.29, 0.717) is 10.4 Å². The summed E-state index contributed by atoms with van der Waals surface area (Å²) in [5, 5.41) is 2.62. The molecular weight excluding hydrogens is 392 g/mol. The van der Waals surface area contributed by atoms with Crippen molar-refractivity contribution in [3.63, 3.8) is 0 Å². The summed E-state index contributed by atoms with van der Waals surface area (Å²) in [5.41, 5.74) is 0.00310. The Morgan fingerprint density at radius 1 is 1.29 bits per heavy atom. The number of aromatic nitrogens is 2. The van der Waals surface area contributed by atoms with E-state index < -0.39 is 29.1 Å². The number of nitrogens with one attached hydrogen (secondary N) is 1. The van der Waals surface area contributed by atoms with Crippen LogP contribution in [-0.4, -0.2) is 28.0 Å². The van der Waals surface area contributed by atoms with Crippen LogP contribution in [0.15, 0.2) is 29.3 Å². The molecule has 0 aliphatic carbocycles. The van der Waals surface area contributed by atoms with Crippen molar-refractivity contribution in [2.75, 3.05) is 11.9 Å². The fourth-order valence-electron chi connectivity index (χ4n) is 2.59. The normalized spacial score (nSPS) is 10.9. The van der Waals surface area contributed by atoms with Crippen LogP contribution in [0.25, 0.3) is 10.2 Å². The molecule has 0 aliphatic heterocycles. The number of fused-ring (bicyclic) bond motifs is 1.